The summed E-state index contributed by atoms with van der Waals surface area (Å²) in [6.07, 6.45) is 6.04. The van der Waals surface area contributed by atoms with Crippen molar-refractivity contribution in [2.45, 2.75) is 38.8 Å². The zero-order valence-electron chi connectivity index (χ0n) is 11.1. The van der Waals surface area contributed by atoms with Crippen molar-refractivity contribution in [1.29, 1.82) is 0 Å². The minimum Gasteiger partial charge on any atom is -0.352 e. The quantitative estimate of drug-likeness (QED) is 0.729. The Bertz CT molecular complexity index is 392. The highest BCUT2D eigenvalue weighted by Crippen LogP contribution is 2.49. The lowest BCUT2D eigenvalue weighted by Crippen LogP contribution is -2.49. The molecule has 0 unspecified atom stereocenters. The first-order chi connectivity index (χ1) is 8.13. The molecule has 2 aliphatic rings. The van der Waals surface area contributed by atoms with Crippen LogP contribution < -0.4 is 9.80 Å². The lowest BCUT2D eigenvalue weighted by atomic mass is 9.84. The van der Waals surface area contributed by atoms with Gasteiger partial charge >= 0.3 is 0 Å². The predicted octanol–water partition coefficient (Wildman–Crippen LogP) is 3.48. The van der Waals surface area contributed by atoms with Crippen molar-refractivity contribution in [3.8, 4) is 0 Å². The number of fused-ring (bicyclic) bond motifs is 1. The molecule has 0 atom stereocenters. The molecule has 0 radical (unpaired) electrons. The molecule has 0 amide bonds. The summed E-state index contributed by atoms with van der Waals surface area (Å²) in [4.78, 5) is 4.95. The summed E-state index contributed by atoms with van der Waals surface area (Å²) in [5.41, 5.74) is 3.21. The molecule has 1 aliphatic carbocycles. The number of rotatable bonds is 1. The first-order valence-electron chi connectivity index (χ1n) is 6.68. The Labute approximate surface area is 104 Å². The van der Waals surface area contributed by atoms with Gasteiger partial charge in [-0.1, -0.05) is 31.9 Å². The van der Waals surface area contributed by atoms with Crippen LogP contribution in [-0.2, 0) is 0 Å². The van der Waals surface area contributed by atoms with Crippen LogP contribution in [0.5, 0.6) is 0 Å². The zero-order valence-corrected chi connectivity index (χ0v) is 11.1. The maximum absolute atomic E-state index is 2.47. The second-order valence-corrected chi connectivity index (χ2v) is 5.95. The Morgan fingerprint density at radius 2 is 1.47 bits per heavy atom. The maximum Gasteiger partial charge on any atom is 0.106 e. The molecule has 1 fully saturated rings. The van der Waals surface area contributed by atoms with Crippen LogP contribution in [0.2, 0.25) is 0 Å². The average Bonchev–Trinajstić information content (AvgIpc) is 2.85. The van der Waals surface area contributed by atoms with E-state index in [1.54, 1.807) is 0 Å². The van der Waals surface area contributed by atoms with Gasteiger partial charge in [-0.25, -0.2) is 0 Å². The van der Waals surface area contributed by atoms with Crippen molar-refractivity contribution in [2.75, 3.05) is 23.9 Å². The molecule has 0 saturated heterocycles. The molecule has 1 heterocycles. The Hall–Kier alpha value is -1.18. The highest BCUT2D eigenvalue weighted by molar-refractivity contribution is 5.77. The van der Waals surface area contributed by atoms with E-state index in [1.165, 1.54) is 37.1 Å². The summed E-state index contributed by atoms with van der Waals surface area (Å²) in [5.74, 6) is 0. The summed E-state index contributed by atoms with van der Waals surface area (Å²) in [6.45, 7) is 2.46. The molecule has 0 spiro atoms. The molecule has 1 aliphatic heterocycles. The van der Waals surface area contributed by atoms with E-state index in [4.69, 9.17) is 0 Å². The molecule has 0 N–H and O–H groups in total. The molecule has 92 valence electrons. The maximum atomic E-state index is 2.47. The van der Waals surface area contributed by atoms with Crippen molar-refractivity contribution in [3.05, 3.63) is 24.3 Å². The summed E-state index contributed by atoms with van der Waals surface area (Å²) in [6, 6.07) is 8.76. The topological polar surface area (TPSA) is 6.48 Å². The minimum absolute atomic E-state index is 0.447. The lowest BCUT2D eigenvalue weighted by molar-refractivity contribution is 0.260. The molecule has 17 heavy (non-hydrogen) atoms. The number of hydrogen-bond donors (Lipinski definition) is 0. The van der Waals surface area contributed by atoms with Gasteiger partial charge in [-0.3, -0.25) is 0 Å². The van der Waals surface area contributed by atoms with Gasteiger partial charge in [0, 0.05) is 19.5 Å². The number of nitrogens with zero attached hydrogens (tertiary/aromatic N) is 2. The molecule has 1 saturated carbocycles. The smallest absolute Gasteiger partial charge is 0.106 e. The Morgan fingerprint density at radius 1 is 1.00 bits per heavy atom. The average molecular weight is 230 g/mol. The SMILES string of the molecule is CN1c2ccccc2N(C)C1C1(C)CCCC1. The minimum atomic E-state index is 0.447. The van der Waals surface area contributed by atoms with Gasteiger partial charge in [0.05, 0.1) is 11.4 Å². The largest absolute Gasteiger partial charge is 0.352 e. The normalized spacial score (nSPS) is 23.2. The highest BCUT2D eigenvalue weighted by Gasteiger charge is 2.45. The van der Waals surface area contributed by atoms with Gasteiger partial charge in [-0.15, -0.1) is 0 Å². The van der Waals surface area contributed by atoms with Crippen molar-refractivity contribution < 1.29 is 0 Å². The Balaban J connectivity index is 2.00. The highest BCUT2D eigenvalue weighted by atomic mass is 15.4. The Morgan fingerprint density at radius 3 is 1.94 bits per heavy atom. The van der Waals surface area contributed by atoms with Gasteiger partial charge < -0.3 is 9.80 Å². The first-order valence-corrected chi connectivity index (χ1v) is 6.68. The molecule has 1 aromatic rings. The van der Waals surface area contributed by atoms with Crippen LogP contribution in [0.25, 0.3) is 0 Å². The van der Waals surface area contributed by atoms with E-state index in [1.807, 2.05) is 0 Å². The van der Waals surface area contributed by atoms with Crippen molar-refractivity contribution in [3.63, 3.8) is 0 Å². The van der Waals surface area contributed by atoms with E-state index in [0.717, 1.165) is 0 Å². The second kappa shape index (κ2) is 3.66. The van der Waals surface area contributed by atoms with Gasteiger partial charge in [0.1, 0.15) is 6.17 Å². The van der Waals surface area contributed by atoms with Crippen LogP contribution in [-0.4, -0.2) is 20.3 Å². The first kappa shape index (κ1) is 10.9. The van der Waals surface area contributed by atoms with E-state index in [0.29, 0.717) is 11.6 Å². The van der Waals surface area contributed by atoms with Gasteiger partial charge in [0.2, 0.25) is 0 Å². The molecular weight excluding hydrogens is 208 g/mol. The fourth-order valence-corrected chi connectivity index (χ4v) is 3.96. The molecule has 1 aromatic carbocycles. The summed E-state index contributed by atoms with van der Waals surface area (Å²) < 4.78 is 0. The summed E-state index contributed by atoms with van der Waals surface area (Å²) in [5, 5.41) is 0. The third-order valence-corrected chi connectivity index (χ3v) is 4.74. The number of anilines is 2. The predicted molar refractivity (Wildman–Crippen MR) is 73.6 cm³/mol. The number of hydrogen-bond acceptors (Lipinski definition) is 2. The van der Waals surface area contributed by atoms with Gasteiger partial charge in [0.25, 0.3) is 0 Å². The fourth-order valence-electron chi connectivity index (χ4n) is 3.96. The summed E-state index contributed by atoms with van der Waals surface area (Å²) >= 11 is 0. The van der Waals surface area contributed by atoms with E-state index in [2.05, 4.69) is 55.1 Å². The van der Waals surface area contributed by atoms with Crippen LogP contribution in [0.4, 0.5) is 11.4 Å². The van der Waals surface area contributed by atoms with Gasteiger partial charge in [-0.05, 0) is 25.0 Å². The van der Waals surface area contributed by atoms with Crippen LogP contribution in [0.1, 0.15) is 32.6 Å². The summed E-state index contributed by atoms with van der Waals surface area (Å²) in [7, 11) is 4.49. The second-order valence-electron chi connectivity index (χ2n) is 5.95. The number of benzene rings is 1. The van der Waals surface area contributed by atoms with Crippen LogP contribution in [0, 0.1) is 5.41 Å². The van der Waals surface area contributed by atoms with E-state index in [-0.39, 0.29) is 0 Å². The molecule has 2 nitrogen and oxygen atoms in total. The molecule has 3 rings (SSSR count). The fraction of sp³-hybridized carbons (Fsp3) is 0.600. The molecular formula is C15H22N2. The zero-order chi connectivity index (χ0) is 12.0. The monoisotopic (exact) mass is 230 g/mol. The van der Waals surface area contributed by atoms with Crippen LogP contribution in [0.3, 0.4) is 0 Å². The molecule has 2 heteroatoms. The van der Waals surface area contributed by atoms with Crippen molar-refractivity contribution >= 4 is 11.4 Å². The van der Waals surface area contributed by atoms with Crippen molar-refractivity contribution in [2.24, 2.45) is 5.41 Å². The van der Waals surface area contributed by atoms with Gasteiger partial charge in [-0.2, -0.15) is 0 Å². The standard InChI is InChI=1S/C15H22N2/c1-15(10-6-7-11-15)14-16(2)12-8-4-5-9-13(12)17(14)3/h4-5,8-9,14H,6-7,10-11H2,1-3H3. The third kappa shape index (κ3) is 1.46. The molecule has 0 bridgehead atoms. The van der Waals surface area contributed by atoms with E-state index >= 15 is 0 Å². The van der Waals surface area contributed by atoms with Crippen LogP contribution in [0.15, 0.2) is 24.3 Å². The van der Waals surface area contributed by atoms with E-state index in [9.17, 15) is 0 Å². The van der Waals surface area contributed by atoms with Crippen molar-refractivity contribution in [1.82, 2.24) is 0 Å². The Kier molecular flexibility index (Phi) is 2.35. The van der Waals surface area contributed by atoms with Gasteiger partial charge in [0.15, 0.2) is 0 Å². The van der Waals surface area contributed by atoms with Crippen LogP contribution >= 0.6 is 0 Å². The van der Waals surface area contributed by atoms with E-state index < -0.39 is 0 Å². The lowest BCUT2D eigenvalue weighted by Gasteiger charge is -2.41. The molecule has 0 aromatic heterocycles. The third-order valence-electron chi connectivity index (χ3n) is 4.74. The number of para-hydroxylation sites is 2.